The maximum atomic E-state index is 13.2. The number of thiophene rings is 1. The molecule has 2 heterocycles. The molecule has 1 aliphatic heterocycles. The van der Waals surface area contributed by atoms with Crippen molar-refractivity contribution in [2.45, 2.75) is 50.5 Å². The van der Waals surface area contributed by atoms with Gasteiger partial charge in [0.25, 0.3) is 5.91 Å². The van der Waals surface area contributed by atoms with Gasteiger partial charge < -0.3 is 26.0 Å². The van der Waals surface area contributed by atoms with Crippen LogP contribution in [0.4, 0.5) is 28.7 Å². The molecule has 1 aromatic rings. The van der Waals surface area contributed by atoms with Gasteiger partial charge in [-0.25, -0.2) is 4.79 Å². The number of amides is 4. The van der Waals surface area contributed by atoms with E-state index in [9.17, 15) is 42.9 Å². The lowest BCUT2D eigenvalue weighted by atomic mass is 10.0. The topological polar surface area (TPSA) is 148 Å². The minimum Gasteiger partial charge on any atom is -0.504 e. The standard InChI is InChI=1S/C23H29F3N4O6S/c24-23(25,26)8-11-30(22(36)29(13-31)12-16(33)14-4-2-1-3-5-14)21-17(27)18(34)19(37-21)20(35)28-9-6-15(32)7-10-28/h2,4-5,13,15-16,32-34H,1,3,6-12,27H2. The summed E-state index contributed by atoms with van der Waals surface area (Å²) in [5.41, 5.74) is 5.91. The van der Waals surface area contributed by atoms with E-state index in [0.717, 1.165) is 6.42 Å². The predicted molar refractivity (Wildman–Crippen MR) is 130 cm³/mol. The Bertz CT molecular complexity index is 1070. The number of carbonyl (C=O) groups excluding carboxylic acids is 3. The SMILES string of the molecule is Nc1c(N(CCC(F)(F)F)C(=O)N(C=O)CC(O)C2=CCCC=C2)sc(C(=O)N2CCC(O)CC2)c1O. The minimum atomic E-state index is -4.66. The highest BCUT2D eigenvalue weighted by molar-refractivity contribution is 7.19. The molecule has 1 unspecified atom stereocenters. The summed E-state index contributed by atoms with van der Waals surface area (Å²) in [6.45, 7) is -1.08. The fourth-order valence-corrected chi connectivity index (χ4v) is 5.10. The van der Waals surface area contributed by atoms with Crippen molar-refractivity contribution in [3.63, 3.8) is 0 Å². The first-order chi connectivity index (χ1) is 17.4. The summed E-state index contributed by atoms with van der Waals surface area (Å²) < 4.78 is 39.3. The summed E-state index contributed by atoms with van der Waals surface area (Å²) in [4.78, 5) is 40.1. The van der Waals surface area contributed by atoms with E-state index in [1.165, 1.54) is 4.90 Å². The highest BCUT2D eigenvalue weighted by Crippen LogP contribution is 2.45. The molecule has 1 aliphatic carbocycles. The average molecular weight is 547 g/mol. The number of piperidine rings is 1. The van der Waals surface area contributed by atoms with Crippen LogP contribution >= 0.6 is 11.3 Å². The molecule has 1 aromatic heterocycles. The van der Waals surface area contributed by atoms with E-state index < -0.39 is 61.3 Å². The van der Waals surface area contributed by atoms with Gasteiger partial charge in [0, 0.05) is 19.6 Å². The molecule has 204 valence electrons. The van der Waals surface area contributed by atoms with E-state index >= 15 is 0 Å². The van der Waals surface area contributed by atoms with Crippen molar-refractivity contribution in [2.24, 2.45) is 0 Å². The van der Waals surface area contributed by atoms with Crippen molar-refractivity contribution in [3.8, 4) is 5.75 Å². The Morgan fingerprint density at radius 1 is 1.27 bits per heavy atom. The number of carbonyl (C=O) groups is 3. The number of aliphatic hydroxyl groups excluding tert-OH is 2. The molecule has 0 saturated carbocycles. The number of halogens is 3. The molecular formula is C23H29F3N4O6S. The van der Waals surface area contributed by atoms with Gasteiger partial charge in [0.1, 0.15) is 15.6 Å². The number of hydrogen-bond acceptors (Lipinski definition) is 8. The number of allylic oxidation sites excluding steroid dienone is 2. The van der Waals surface area contributed by atoms with Crippen LogP contribution in [-0.2, 0) is 4.79 Å². The fraction of sp³-hybridized carbons (Fsp3) is 0.522. The Labute approximate surface area is 215 Å². The number of aromatic hydroxyl groups is 1. The zero-order valence-corrected chi connectivity index (χ0v) is 20.7. The molecule has 1 atom stereocenters. The molecule has 0 spiro atoms. The maximum absolute atomic E-state index is 13.2. The summed E-state index contributed by atoms with van der Waals surface area (Å²) in [5.74, 6) is -1.33. The molecule has 0 aromatic carbocycles. The van der Waals surface area contributed by atoms with Gasteiger partial charge in [-0.05, 0) is 31.3 Å². The zero-order valence-electron chi connectivity index (χ0n) is 19.9. The number of hydrogen-bond donors (Lipinski definition) is 4. The molecule has 3 rings (SSSR count). The van der Waals surface area contributed by atoms with Crippen LogP contribution in [0.3, 0.4) is 0 Å². The van der Waals surface area contributed by atoms with E-state index in [1.54, 1.807) is 18.2 Å². The van der Waals surface area contributed by atoms with E-state index in [2.05, 4.69) is 0 Å². The second kappa shape index (κ2) is 12.0. The molecule has 10 nitrogen and oxygen atoms in total. The van der Waals surface area contributed by atoms with E-state index in [0.29, 0.717) is 46.0 Å². The van der Waals surface area contributed by atoms with Gasteiger partial charge in [-0.1, -0.05) is 18.2 Å². The zero-order chi connectivity index (χ0) is 27.3. The molecule has 37 heavy (non-hydrogen) atoms. The first kappa shape index (κ1) is 28.5. The number of rotatable bonds is 8. The number of alkyl halides is 3. The number of aliphatic hydroxyl groups is 2. The summed E-state index contributed by atoms with van der Waals surface area (Å²) in [6.07, 6.45) is -0.648. The lowest BCUT2D eigenvalue weighted by molar-refractivity contribution is -0.132. The predicted octanol–water partition coefficient (Wildman–Crippen LogP) is 2.61. The number of likely N-dealkylation sites (tertiary alicyclic amines) is 1. The van der Waals surface area contributed by atoms with Crippen LogP contribution in [-0.4, -0.2) is 88.0 Å². The highest BCUT2D eigenvalue weighted by atomic mass is 32.1. The Morgan fingerprint density at radius 3 is 2.51 bits per heavy atom. The van der Waals surface area contributed by atoms with E-state index in [-0.39, 0.29) is 29.4 Å². The van der Waals surface area contributed by atoms with Gasteiger partial charge in [0.05, 0.1) is 25.2 Å². The van der Waals surface area contributed by atoms with Crippen LogP contribution in [0.2, 0.25) is 0 Å². The lowest BCUT2D eigenvalue weighted by Crippen LogP contribution is -2.47. The summed E-state index contributed by atoms with van der Waals surface area (Å²) in [7, 11) is 0. The molecule has 1 saturated heterocycles. The third-order valence-electron chi connectivity index (χ3n) is 6.09. The van der Waals surface area contributed by atoms with Crippen molar-refractivity contribution in [2.75, 3.05) is 36.8 Å². The third kappa shape index (κ3) is 7.02. The number of nitrogens with two attached hydrogens (primary N) is 1. The summed E-state index contributed by atoms with van der Waals surface area (Å²) in [6, 6.07) is -1.20. The van der Waals surface area contributed by atoms with Crippen LogP contribution in [0.15, 0.2) is 23.8 Å². The highest BCUT2D eigenvalue weighted by Gasteiger charge is 2.36. The number of nitrogens with zero attached hydrogens (tertiary/aromatic N) is 3. The first-order valence-electron chi connectivity index (χ1n) is 11.7. The molecular weight excluding hydrogens is 517 g/mol. The first-order valence-corrected chi connectivity index (χ1v) is 12.5. The van der Waals surface area contributed by atoms with Crippen molar-refractivity contribution < 1.29 is 42.9 Å². The van der Waals surface area contributed by atoms with E-state index in [4.69, 9.17) is 5.73 Å². The van der Waals surface area contributed by atoms with Crippen LogP contribution in [0.25, 0.3) is 0 Å². The Morgan fingerprint density at radius 2 is 1.95 bits per heavy atom. The fourth-order valence-electron chi connectivity index (χ4n) is 4.00. The molecule has 0 bridgehead atoms. The van der Waals surface area contributed by atoms with Crippen molar-refractivity contribution in [3.05, 3.63) is 28.7 Å². The van der Waals surface area contributed by atoms with Crippen LogP contribution in [0, 0.1) is 0 Å². The van der Waals surface area contributed by atoms with Crippen molar-refractivity contribution in [1.82, 2.24) is 9.80 Å². The molecule has 5 N–H and O–H groups in total. The van der Waals surface area contributed by atoms with Gasteiger partial charge in [0.2, 0.25) is 6.41 Å². The Hall–Kier alpha value is -3.10. The average Bonchev–Trinajstić information content (AvgIpc) is 3.16. The third-order valence-corrected chi connectivity index (χ3v) is 7.30. The largest absolute Gasteiger partial charge is 0.504 e. The van der Waals surface area contributed by atoms with Crippen LogP contribution in [0.1, 0.15) is 41.8 Å². The monoisotopic (exact) mass is 546 g/mol. The number of urea groups is 1. The van der Waals surface area contributed by atoms with Crippen LogP contribution < -0.4 is 10.6 Å². The van der Waals surface area contributed by atoms with E-state index in [1.807, 2.05) is 0 Å². The van der Waals surface area contributed by atoms with Gasteiger partial charge in [-0.15, -0.1) is 11.3 Å². The van der Waals surface area contributed by atoms with Gasteiger partial charge in [0.15, 0.2) is 5.75 Å². The van der Waals surface area contributed by atoms with Crippen molar-refractivity contribution in [1.29, 1.82) is 0 Å². The Kier molecular flexibility index (Phi) is 9.21. The molecule has 0 radical (unpaired) electrons. The smallest absolute Gasteiger partial charge is 0.390 e. The minimum absolute atomic E-state index is 0.0913. The number of nitrogen functional groups attached to an aromatic ring is 1. The van der Waals surface area contributed by atoms with Crippen LogP contribution in [0.5, 0.6) is 5.75 Å². The maximum Gasteiger partial charge on any atom is 0.390 e. The van der Waals surface area contributed by atoms with Gasteiger partial charge >= 0.3 is 12.2 Å². The normalized spacial score (nSPS) is 17.3. The summed E-state index contributed by atoms with van der Waals surface area (Å²) >= 11 is 0.532. The number of anilines is 2. The number of imide groups is 1. The summed E-state index contributed by atoms with van der Waals surface area (Å²) in [5, 5.41) is 30.3. The lowest BCUT2D eigenvalue weighted by Gasteiger charge is -2.29. The molecule has 14 heteroatoms. The van der Waals surface area contributed by atoms with Gasteiger partial charge in [-0.2, -0.15) is 13.2 Å². The Balaban J connectivity index is 1.89. The van der Waals surface area contributed by atoms with Gasteiger partial charge in [-0.3, -0.25) is 19.4 Å². The second-order valence-electron chi connectivity index (χ2n) is 8.78. The van der Waals surface area contributed by atoms with Crippen molar-refractivity contribution >= 4 is 40.4 Å². The molecule has 1 fully saturated rings. The molecule has 2 aliphatic rings. The second-order valence-corrected chi connectivity index (χ2v) is 9.78. The quantitative estimate of drug-likeness (QED) is 0.367. The molecule has 4 amide bonds.